The first-order chi connectivity index (χ1) is 9.93. The molecule has 0 fully saturated rings. The smallest absolute Gasteiger partial charge is 0.147 e. The first-order valence-electron chi connectivity index (χ1n) is 5.97. The highest BCUT2D eigenvalue weighted by molar-refractivity contribution is 9.10. The molecule has 3 N–H and O–H groups in total. The Morgan fingerprint density at radius 3 is 2.52 bits per heavy atom. The quantitative estimate of drug-likeness (QED) is 0.473. The van der Waals surface area contributed by atoms with Gasteiger partial charge >= 0.3 is 0 Å². The van der Waals surface area contributed by atoms with Crippen molar-refractivity contribution in [1.29, 1.82) is 0 Å². The molecular weight excluding hydrogens is 369 g/mol. The van der Waals surface area contributed by atoms with Gasteiger partial charge in [0.15, 0.2) is 0 Å². The lowest BCUT2D eigenvalue weighted by Gasteiger charge is -2.18. The number of rotatable bonds is 4. The number of hydrogen-bond donors (Lipinski definition) is 2. The Morgan fingerprint density at radius 2 is 1.90 bits per heavy atom. The summed E-state index contributed by atoms with van der Waals surface area (Å²) >= 11 is 8.94. The van der Waals surface area contributed by atoms with Gasteiger partial charge in [-0.15, -0.1) is 0 Å². The topological polar surface area (TPSA) is 38.0 Å². The van der Waals surface area contributed by atoms with Crippen LogP contribution < -0.4 is 11.3 Å². The van der Waals surface area contributed by atoms with Gasteiger partial charge in [-0.25, -0.2) is 13.2 Å². The molecule has 0 heterocycles. The van der Waals surface area contributed by atoms with E-state index in [9.17, 15) is 13.2 Å². The van der Waals surface area contributed by atoms with Crippen molar-refractivity contribution in [3.8, 4) is 0 Å². The van der Waals surface area contributed by atoms with Crippen LogP contribution in [-0.4, -0.2) is 0 Å². The summed E-state index contributed by atoms with van der Waals surface area (Å²) in [7, 11) is 0. The van der Waals surface area contributed by atoms with Crippen LogP contribution in [0.1, 0.15) is 17.2 Å². The molecule has 2 aromatic carbocycles. The van der Waals surface area contributed by atoms with Crippen LogP contribution in [0.4, 0.5) is 13.2 Å². The predicted molar refractivity (Wildman–Crippen MR) is 79.2 cm³/mol. The van der Waals surface area contributed by atoms with Crippen LogP contribution in [-0.2, 0) is 6.42 Å². The molecule has 7 heteroatoms. The molecule has 0 aliphatic carbocycles. The summed E-state index contributed by atoms with van der Waals surface area (Å²) in [5.41, 5.74) is 2.85. The van der Waals surface area contributed by atoms with Crippen LogP contribution in [0, 0.1) is 17.5 Å². The monoisotopic (exact) mass is 378 g/mol. The third kappa shape index (κ3) is 3.58. The maximum atomic E-state index is 14.2. The Kier molecular flexibility index (Phi) is 5.27. The number of halogens is 5. The van der Waals surface area contributed by atoms with Gasteiger partial charge < -0.3 is 0 Å². The second-order valence-electron chi connectivity index (χ2n) is 4.42. The van der Waals surface area contributed by atoms with E-state index in [0.717, 1.165) is 12.1 Å². The fraction of sp³-hybridized carbons (Fsp3) is 0.143. The van der Waals surface area contributed by atoms with Crippen molar-refractivity contribution in [2.24, 2.45) is 5.84 Å². The molecule has 0 aliphatic rings. The second-order valence-corrected chi connectivity index (χ2v) is 5.66. The number of benzene rings is 2. The van der Waals surface area contributed by atoms with Gasteiger partial charge in [0.2, 0.25) is 0 Å². The summed E-state index contributed by atoms with van der Waals surface area (Å²) in [6.45, 7) is 0. The van der Waals surface area contributed by atoms with Gasteiger partial charge in [-0.3, -0.25) is 11.3 Å². The molecule has 0 amide bonds. The third-order valence-corrected chi connectivity index (χ3v) is 4.34. The Balaban J connectivity index is 2.34. The highest BCUT2D eigenvalue weighted by Gasteiger charge is 2.20. The lowest BCUT2D eigenvalue weighted by Crippen LogP contribution is -2.30. The van der Waals surface area contributed by atoms with Gasteiger partial charge in [0, 0.05) is 16.1 Å². The molecule has 0 bridgehead atoms. The summed E-state index contributed by atoms with van der Waals surface area (Å²) in [5.74, 6) is 3.40. The summed E-state index contributed by atoms with van der Waals surface area (Å²) in [4.78, 5) is 0. The molecule has 0 saturated carbocycles. The van der Waals surface area contributed by atoms with Gasteiger partial charge in [0.25, 0.3) is 0 Å². The summed E-state index contributed by atoms with van der Waals surface area (Å²) < 4.78 is 41.1. The number of hydrazine groups is 1. The Labute approximate surface area is 133 Å². The molecule has 0 aromatic heterocycles. The lowest BCUT2D eigenvalue weighted by molar-refractivity contribution is 0.495. The summed E-state index contributed by atoms with van der Waals surface area (Å²) in [6, 6.07) is 5.58. The molecule has 112 valence electrons. The highest BCUT2D eigenvalue weighted by Crippen LogP contribution is 2.31. The van der Waals surface area contributed by atoms with Crippen LogP contribution in [0.2, 0.25) is 5.02 Å². The van der Waals surface area contributed by atoms with Gasteiger partial charge in [-0.2, -0.15) is 0 Å². The standard InChI is InChI=1S/C14H11BrClF3N2/c15-10-4-3-9(14(19)13(10)16)12(21-20)5-7-1-2-8(17)6-11(7)18/h1-4,6,12,21H,5,20H2. The summed E-state index contributed by atoms with van der Waals surface area (Å²) in [6.07, 6.45) is 0.0531. The SMILES string of the molecule is NNC(Cc1ccc(F)cc1F)c1ccc(Br)c(Cl)c1F. The van der Waals surface area contributed by atoms with E-state index in [0.29, 0.717) is 4.47 Å². The van der Waals surface area contributed by atoms with E-state index < -0.39 is 23.5 Å². The van der Waals surface area contributed by atoms with E-state index in [4.69, 9.17) is 17.4 Å². The molecule has 1 unspecified atom stereocenters. The molecule has 21 heavy (non-hydrogen) atoms. The van der Waals surface area contributed by atoms with Crippen LogP contribution in [0.3, 0.4) is 0 Å². The van der Waals surface area contributed by atoms with Gasteiger partial charge in [-0.05, 0) is 40.0 Å². The molecule has 0 spiro atoms. The fourth-order valence-electron chi connectivity index (χ4n) is 1.98. The average molecular weight is 380 g/mol. The third-order valence-electron chi connectivity index (χ3n) is 3.08. The maximum Gasteiger partial charge on any atom is 0.147 e. The predicted octanol–water partition coefficient (Wildman–Crippen LogP) is 4.27. The van der Waals surface area contributed by atoms with E-state index in [2.05, 4.69) is 21.4 Å². The fourth-order valence-corrected chi connectivity index (χ4v) is 2.45. The van der Waals surface area contributed by atoms with E-state index in [1.807, 2.05) is 0 Å². The zero-order chi connectivity index (χ0) is 15.6. The summed E-state index contributed by atoms with van der Waals surface area (Å²) in [5, 5.41) is -0.0765. The van der Waals surface area contributed by atoms with E-state index in [1.165, 1.54) is 12.1 Å². The van der Waals surface area contributed by atoms with E-state index in [1.54, 1.807) is 6.07 Å². The molecule has 2 aromatic rings. The van der Waals surface area contributed by atoms with Gasteiger partial charge in [0.1, 0.15) is 17.5 Å². The van der Waals surface area contributed by atoms with Crippen molar-refractivity contribution in [3.63, 3.8) is 0 Å². The zero-order valence-corrected chi connectivity index (χ0v) is 13.0. The minimum atomic E-state index is -0.709. The molecule has 2 nitrogen and oxygen atoms in total. The molecule has 2 rings (SSSR count). The normalized spacial score (nSPS) is 12.5. The zero-order valence-electron chi connectivity index (χ0n) is 10.6. The van der Waals surface area contributed by atoms with Crippen molar-refractivity contribution < 1.29 is 13.2 Å². The van der Waals surface area contributed by atoms with Crippen molar-refractivity contribution >= 4 is 27.5 Å². The minimum Gasteiger partial charge on any atom is -0.271 e. The Hall–Kier alpha value is -1.08. The van der Waals surface area contributed by atoms with Crippen molar-refractivity contribution in [3.05, 3.63) is 68.4 Å². The van der Waals surface area contributed by atoms with E-state index in [-0.39, 0.29) is 22.6 Å². The van der Waals surface area contributed by atoms with Crippen molar-refractivity contribution in [1.82, 2.24) is 5.43 Å². The number of nitrogens with one attached hydrogen (secondary N) is 1. The van der Waals surface area contributed by atoms with Crippen molar-refractivity contribution in [2.75, 3.05) is 0 Å². The molecule has 1 atom stereocenters. The Bertz CT molecular complexity index is 667. The molecule has 0 saturated heterocycles. The molecular formula is C14H11BrClF3N2. The van der Waals surface area contributed by atoms with Crippen molar-refractivity contribution in [2.45, 2.75) is 12.5 Å². The van der Waals surface area contributed by atoms with E-state index >= 15 is 0 Å². The number of nitrogens with two attached hydrogens (primary N) is 1. The largest absolute Gasteiger partial charge is 0.271 e. The first kappa shape index (κ1) is 16.3. The van der Waals surface area contributed by atoms with Crippen LogP contribution in [0.25, 0.3) is 0 Å². The average Bonchev–Trinajstić information content (AvgIpc) is 2.45. The van der Waals surface area contributed by atoms with Crippen LogP contribution in [0.15, 0.2) is 34.8 Å². The minimum absolute atomic E-state index is 0.0531. The lowest BCUT2D eigenvalue weighted by atomic mass is 9.98. The van der Waals surface area contributed by atoms with Gasteiger partial charge in [0.05, 0.1) is 11.1 Å². The van der Waals surface area contributed by atoms with Gasteiger partial charge in [-0.1, -0.05) is 23.7 Å². The molecule has 0 aliphatic heterocycles. The first-order valence-corrected chi connectivity index (χ1v) is 7.14. The maximum absolute atomic E-state index is 14.2. The Morgan fingerprint density at radius 1 is 1.19 bits per heavy atom. The second kappa shape index (κ2) is 6.79. The van der Waals surface area contributed by atoms with Crippen LogP contribution >= 0.6 is 27.5 Å². The highest BCUT2D eigenvalue weighted by atomic mass is 79.9. The van der Waals surface area contributed by atoms with Crippen LogP contribution in [0.5, 0.6) is 0 Å². The number of hydrogen-bond acceptors (Lipinski definition) is 2. The molecule has 0 radical (unpaired) electrons.